The van der Waals surface area contributed by atoms with Gasteiger partial charge in [-0.2, -0.15) is 0 Å². The van der Waals surface area contributed by atoms with Gasteiger partial charge in [-0.1, -0.05) is 48.5 Å². The molecule has 0 bridgehead atoms. The highest BCUT2D eigenvalue weighted by Gasteiger charge is 2.31. The lowest BCUT2D eigenvalue weighted by atomic mass is 10.0. The number of carbonyl (C=O) groups excluding carboxylic acids is 1. The Morgan fingerprint density at radius 3 is 2.50 bits per heavy atom. The first-order valence-electron chi connectivity index (χ1n) is 9.60. The molecule has 1 N–H and O–H groups in total. The third kappa shape index (κ3) is 4.57. The average molecular weight is 427 g/mol. The van der Waals surface area contributed by atoms with E-state index in [4.69, 9.17) is 4.74 Å². The summed E-state index contributed by atoms with van der Waals surface area (Å²) in [5.41, 5.74) is 2.17. The number of aryl methyl sites for hydroxylation is 1. The van der Waals surface area contributed by atoms with Crippen molar-refractivity contribution in [2.45, 2.75) is 26.4 Å². The quantitative estimate of drug-likeness (QED) is 0.626. The Bertz CT molecular complexity index is 1170. The molecule has 30 heavy (non-hydrogen) atoms. The fraction of sp³-hybridized carbons (Fsp3) is 0.261. The summed E-state index contributed by atoms with van der Waals surface area (Å²) < 4.78 is 31.6. The SMILES string of the molecule is COc1ccc(C)cc1N(C(C)C(=O)NCc1cccc2ccccc12)S(C)(=O)=O. The van der Waals surface area contributed by atoms with Crippen molar-refractivity contribution in [2.75, 3.05) is 17.7 Å². The summed E-state index contributed by atoms with van der Waals surface area (Å²) in [5, 5.41) is 5.01. The summed E-state index contributed by atoms with van der Waals surface area (Å²) in [4.78, 5) is 12.9. The van der Waals surface area contributed by atoms with Crippen LogP contribution in [-0.2, 0) is 21.4 Å². The number of hydrogen-bond donors (Lipinski definition) is 1. The highest BCUT2D eigenvalue weighted by Crippen LogP contribution is 2.32. The van der Waals surface area contributed by atoms with Gasteiger partial charge in [0.05, 0.1) is 19.1 Å². The molecule has 6 nitrogen and oxygen atoms in total. The van der Waals surface area contributed by atoms with Crippen molar-refractivity contribution in [1.29, 1.82) is 0 Å². The summed E-state index contributed by atoms with van der Waals surface area (Å²) in [5.74, 6) is -0.00310. The highest BCUT2D eigenvalue weighted by atomic mass is 32.2. The molecule has 0 fully saturated rings. The first kappa shape index (κ1) is 21.6. The molecule has 0 aliphatic carbocycles. The van der Waals surface area contributed by atoms with Gasteiger partial charge in [0, 0.05) is 6.54 Å². The summed E-state index contributed by atoms with van der Waals surface area (Å²) in [6, 6.07) is 18.1. The largest absolute Gasteiger partial charge is 0.495 e. The van der Waals surface area contributed by atoms with Gasteiger partial charge in [0.15, 0.2) is 0 Å². The van der Waals surface area contributed by atoms with Crippen LogP contribution in [0, 0.1) is 6.92 Å². The molecule has 0 heterocycles. The molecular formula is C23H26N2O4S. The topological polar surface area (TPSA) is 75.7 Å². The van der Waals surface area contributed by atoms with E-state index in [1.165, 1.54) is 7.11 Å². The Kier molecular flexibility index (Phi) is 6.31. The number of nitrogens with one attached hydrogen (secondary N) is 1. The van der Waals surface area contributed by atoms with E-state index in [1.807, 2.05) is 55.5 Å². The van der Waals surface area contributed by atoms with Crippen molar-refractivity contribution in [3.8, 4) is 5.75 Å². The van der Waals surface area contributed by atoms with Crippen LogP contribution >= 0.6 is 0 Å². The van der Waals surface area contributed by atoms with Crippen molar-refractivity contribution < 1.29 is 17.9 Å². The van der Waals surface area contributed by atoms with Crippen molar-refractivity contribution in [3.05, 3.63) is 71.8 Å². The number of carbonyl (C=O) groups is 1. The van der Waals surface area contributed by atoms with Gasteiger partial charge in [-0.25, -0.2) is 8.42 Å². The van der Waals surface area contributed by atoms with Crippen molar-refractivity contribution in [3.63, 3.8) is 0 Å². The molecule has 0 saturated carbocycles. The lowest BCUT2D eigenvalue weighted by Crippen LogP contribution is -2.47. The van der Waals surface area contributed by atoms with E-state index in [9.17, 15) is 13.2 Å². The van der Waals surface area contributed by atoms with Crippen LogP contribution in [0.5, 0.6) is 5.75 Å². The van der Waals surface area contributed by atoms with Crippen LogP contribution in [-0.4, -0.2) is 33.7 Å². The van der Waals surface area contributed by atoms with Crippen LogP contribution in [0.15, 0.2) is 60.7 Å². The minimum Gasteiger partial charge on any atom is -0.495 e. The molecule has 0 saturated heterocycles. The molecule has 3 rings (SSSR count). The summed E-state index contributed by atoms with van der Waals surface area (Å²) >= 11 is 0. The molecule has 3 aromatic carbocycles. The predicted octanol–water partition coefficient (Wildman–Crippen LogP) is 3.63. The van der Waals surface area contributed by atoms with Gasteiger partial charge in [-0.15, -0.1) is 0 Å². The van der Waals surface area contributed by atoms with Crippen LogP contribution in [0.3, 0.4) is 0 Å². The van der Waals surface area contributed by atoms with E-state index in [2.05, 4.69) is 5.32 Å². The number of hydrogen-bond acceptors (Lipinski definition) is 4. The molecule has 0 spiro atoms. The number of ether oxygens (including phenoxy) is 1. The first-order chi connectivity index (χ1) is 14.2. The molecule has 1 amide bonds. The Labute approximate surface area is 177 Å². The van der Waals surface area contributed by atoms with E-state index in [1.54, 1.807) is 19.1 Å². The normalized spacial score (nSPS) is 12.4. The van der Waals surface area contributed by atoms with Gasteiger partial charge >= 0.3 is 0 Å². The highest BCUT2D eigenvalue weighted by molar-refractivity contribution is 7.92. The standard InChI is InChI=1S/C23H26N2O4S/c1-16-12-13-22(29-3)21(14-16)25(30(4,27)28)17(2)23(26)24-15-19-10-7-9-18-8-5-6-11-20(18)19/h5-14,17H,15H2,1-4H3,(H,24,26). The van der Waals surface area contributed by atoms with Crippen LogP contribution < -0.4 is 14.4 Å². The number of rotatable bonds is 7. The lowest BCUT2D eigenvalue weighted by molar-refractivity contribution is -0.122. The second-order valence-electron chi connectivity index (χ2n) is 7.27. The van der Waals surface area contributed by atoms with Gasteiger partial charge in [0.25, 0.3) is 0 Å². The van der Waals surface area contributed by atoms with Crippen molar-refractivity contribution >= 4 is 32.4 Å². The monoisotopic (exact) mass is 426 g/mol. The number of sulfonamides is 1. The van der Waals surface area contributed by atoms with Gasteiger partial charge in [0.2, 0.25) is 15.9 Å². The average Bonchev–Trinajstić information content (AvgIpc) is 2.71. The predicted molar refractivity (Wildman–Crippen MR) is 120 cm³/mol. The maximum absolute atomic E-state index is 12.9. The zero-order valence-corrected chi connectivity index (χ0v) is 18.4. The molecule has 7 heteroatoms. The number of benzene rings is 3. The van der Waals surface area contributed by atoms with Crippen LogP contribution in [0.4, 0.5) is 5.69 Å². The van der Waals surface area contributed by atoms with E-state index < -0.39 is 22.0 Å². The van der Waals surface area contributed by atoms with E-state index >= 15 is 0 Å². The Hall–Kier alpha value is -3.06. The molecular weight excluding hydrogens is 400 g/mol. The van der Waals surface area contributed by atoms with Crippen LogP contribution in [0.25, 0.3) is 10.8 Å². The van der Waals surface area contributed by atoms with Crippen molar-refractivity contribution in [2.24, 2.45) is 0 Å². The number of anilines is 1. The minimum atomic E-state index is -3.74. The third-order valence-corrected chi connectivity index (χ3v) is 6.22. The molecule has 0 radical (unpaired) electrons. The van der Waals surface area contributed by atoms with Crippen molar-refractivity contribution in [1.82, 2.24) is 5.32 Å². The first-order valence-corrected chi connectivity index (χ1v) is 11.5. The minimum absolute atomic E-state index is 0.299. The fourth-order valence-electron chi connectivity index (χ4n) is 3.53. The molecule has 1 unspecified atom stereocenters. The maximum atomic E-state index is 12.9. The summed E-state index contributed by atoms with van der Waals surface area (Å²) in [7, 11) is -2.26. The smallest absolute Gasteiger partial charge is 0.243 e. The number of fused-ring (bicyclic) bond motifs is 1. The Morgan fingerprint density at radius 2 is 1.80 bits per heavy atom. The molecule has 0 aliphatic rings. The molecule has 158 valence electrons. The van der Waals surface area contributed by atoms with E-state index in [0.717, 1.165) is 32.5 Å². The summed E-state index contributed by atoms with van der Waals surface area (Å²) in [6.45, 7) is 3.73. The molecule has 3 aromatic rings. The molecule has 0 aromatic heterocycles. The second-order valence-corrected chi connectivity index (χ2v) is 9.13. The van der Waals surface area contributed by atoms with Gasteiger partial charge in [0.1, 0.15) is 11.8 Å². The van der Waals surface area contributed by atoms with Gasteiger partial charge in [-0.3, -0.25) is 9.10 Å². The third-order valence-electron chi connectivity index (χ3n) is 4.99. The molecule has 0 aliphatic heterocycles. The van der Waals surface area contributed by atoms with Gasteiger partial charge in [-0.05, 0) is 47.9 Å². The Balaban J connectivity index is 1.87. The Morgan fingerprint density at radius 1 is 1.10 bits per heavy atom. The van der Waals surface area contributed by atoms with Gasteiger partial charge < -0.3 is 10.1 Å². The zero-order valence-electron chi connectivity index (χ0n) is 17.5. The van der Waals surface area contributed by atoms with Crippen LogP contribution in [0.1, 0.15) is 18.1 Å². The lowest BCUT2D eigenvalue weighted by Gasteiger charge is -2.29. The molecule has 1 atom stereocenters. The number of nitrogens with zero attached hydrogens (tertiary/aromatic N) is 1. The number of methoxy groups -OCH3 is 1. The maximum Gasteiger partial charge on any atom is 0.243 e. The zero-order chi connectivity index (χ0) is 21.9. The van der Waals surface area contributed by atoms with Crippen LogP contribution in [0.2, 0.25) is 0 Å². The fourth-order valence-corrected chi connectivity index (χ4v) is 4.70. The van der Waals surface area contributed by atoms with E-state index in [-0.39, 0.29) is 0 Å². The second kappa shape index (κ2) is 8.75. The summed E-state index contributed by atoms with van der Waals surface area (Å²) in [6.07, 6.45) is 1.09. The number of amides is 1. The van der Waals surface area contributed by atoms with E-state index in [0.29, 0.717) is 18.0 Å².